The predicted molar refractivity (Wildman–Crippen MR) is 78.2 cm³/mol. The third-order valence-corrected chi connectivity index (χ3v) is 4.43. The summed E-state index contributed by atoms with van der Waals surface area (Å²) in [5.41, 5.74) is 2.81. The molecule has 19 heavy (non-hydrogen) atoms. The van der Waals surface area contributed by atoms with E-state index in [0.717, 1.165) is 25.4 Å². The monoisotopic (exact) mass is 259 g/mol. The molecule has 1 aliphatic carbocycles. The summed E-state index contributed by atoms with van der Waals surface area (Å²) in [6.45, 7) is 5.25. The van der Waals surface area contributed by atoms with Crippen LogP contribution in [-0.2, 0) is 4.74 Å². The van der Waals surface area contributed by atoms with Gasteiger partial charge in [-0.2, -0.15) is 0 Å². The van der Waals surface area contributed by atoms with Gasteiger partial charge in [0.15, 0.2) is 0 Å². The average Bonchev–Trinajstić information content (AvgIpc) is 3.22. The number of nitrogens with one attached hydrogen (secondary N) is 1. The molecule has 104 valence electrons. The Balaban J connectivity index is 1.69. The van der Waals surface area contributed by atoms with Gasteiger partial charge in [0.2, 0.25) is 0 Å². The smallest absolute Gasteiger partial charge is 0.0561 e. The zero-order valence-electron chi connectivity index (χ0n) is 12.1. The number of hydrogen-bond acceptors (Lipinski definition) is 2. The minimum Gasteiger partial charge on any atom is -0.378 e. The van der Waals surface area contributed by atoms with Crippen molar-refractivity contribution in [1.29, 1.82) is 0 Å². The fourth-order valence-electron chi connectivity index (χ4n) is 3.11. The van der Waals surface area contributed by atoms with E-state index in [4.69, 9.17) is 4.74 Å². The first-order valence-corrected chi connectivity index (χ1v) is 7.66. The summed E-state index contributed by atoms with van der Waals surface area (Å²) in [5, 5.41) is 3.90. The molecule has 0 spiro atoms. The first-order chi connectivity index (χ1) is 9.22. The molecule has 2 heteroatoms. The van der Waals surface area contributed by atoms with Gasteiger partial charge >= 0.3 is 0 Å². The molecule has 1 N–H and O–H groups in total. The molecular weight excluding hydrogens is 234 g/mol. The van der Waals surface area contributed by atoms with Gasteiger partial charge in [0.1, 0.15) is 0 Å². The van der Waals surface area contributed by atoms with Crippen molar-refractivity contribution in [3.05, 3.63) is 35.4 Å². The fraction of sp³-hybridized carbons (Fsp3) is 0.647. The first-order valence-electron chi connectivity index (χ1n) is 7.66. The van der Waals surface area contributed by atoms with E-state index >= 15 is 0 Å². The SMILES string of the molecule is Cc1ccc(C(NC2CCOC(C)C2)C2CC2)cc1. The fourth-order valence-corrected chi connectivity index (χ4v) is 3.11. The molecule has 1 saturated heterocycles. The van der Waals surface area contributed by atoms with Gasteiger partial charge in [0.05, 0.1) is 6.10 Å². The van der Waals surface area contributed by atoms with Crippen molar-refractivity contribution in [2.45, 2.75) is 57.7 Å². The lowest BCUT2D eigenvalue weighted by Crippen LogP contribution is -2.40. The highest BCUT2D eigenvalue weighted by Gasteiger charge is 2.34. The van der Waals surface area contributed by atoms with Crippen LogP contribution in [0.3, 0.4) is 0 Å². The lowest BCUT2D eigenvalue weighted by atomic mass is 9.97. The maximum Gasteiger partial charge on any atom is 0.0561 e. The standard InChI is InChI=1S/C17H25NO/c1-12-3-5-14(6-4-12)17(15-7-8-15)18-16-9-10-19-13(2)11-16/h3-6,13,15-18H,7-11H2,1-2H3. The van der Waals surface area contributed by atoms with Gasteiger partial charge < -0.3 is 10.1 Å². The Morgan fingerprint density at radius 2 is 1.89 bits per heavy atom. The Kier molecular flexibility index (Phi) is 3.90. The Hall–Kier alpha value is -0.860. The van der Waals surface area contributed by atoms with Crippen LogP contribution >= 0.6 is 0 Å². The van der Waals surface area contributed by atoms with Gasteiger partial charge in [-0.05, 0) is 51.0 Å². The molecule has 0 radical (unpaired) electrons. The molecule has 0 bridgehead atoms. The Bertz CT molecular complexity index is 410. The second kappa shape index (κ2) is 5.64. The van der Waals surface area contributed by atoms with Gasteiger partial charge in [0, 0.05) is 18.7 Å². The van der Waals surface area contributed by atoms with Crippen molar-refractivity contribution < 1.29 is 4.74 Å². The van der Waals surface area contributed by atoms with E-state index in [1.807, 2.05) is 0 Å². The molecule has 0 aromatic heterocycles. The molecular formula is C17H25NO. The lowest BCUT2D eigenvalue weighted by molar-refractivity contribution is 0.0106. The molecule has 2 aliphatic rings. The summed E-state index contributed by atoms with van der Waals surface area (Å²) in [5.74, 6) is 0.848. The molecule has 1 heterocycles. The molecule has 3 rings (SSSR count). The molecule has 3 unspecified atom stereocenters. The molecule has 1 aromatic carbocycles. The second-order valence-electron chi connectivity index (χ2n) is 6.30. The molecule has 2 nitrogen and oxygen atoms in total. The van der Waals surface area contributed by atoms with E-state index in [-0.39, 0.29) is 0 Å². The van der Waals surface area contributed by atoms with Gasteiger partial charge in [-0.25, -0.2) is 0 Å². The molecule has 2 fully saturated rings. The van der Waals surface area contributed by atoms with Gasteiger partial charge in [0.25, 0.3) is 0 Å². The summed E-state index contributed by atoms with van der Waals surface area (Å²) in [6.07, 6.45) is 5.47. The van der Waals surface area contributed by atoms with E-state index in [1.54, 1.807) is 0 Å². The summed E-state index contributed by atoms with van der Waals surface area (Å²) in [7, 11) is 0. The highest BCUT2D eigenvalue weighted by Crippen LogP contribution is 2.41. The van der Waals surface area contributed by atoms with Crippen LogP contribution < -0.4 is 5.32 Å². The van der Waals surface area contributed by atoms with Crippen LogP contribution in [0.15, 0.2) is 24.3 Å². The van der Waals surface area contributed by atoms with Crippen molar-refractivity contribution in [2.24, 2.45) is 5.92 Å². The van der Waals surface area contributed by atoms with Crippen LogP contribution in [0.2, 0.25) is 0 Å². The second-order valence-corrected chi connectivity index (χ2v) is 6.30. The van der Waals surface area contributed by atoms with E-state index in [0.29, 0.717) is 18.2 Å². The highest BCUT2D eigenvalue weighted by atomic mass is 16.5. The topological polar surface area (TPSA) is 21.3 Å². The number of hydrogen-bond donors (Lipinski definition) is 1. The Morgan fingerprint density at radius 1 is 1.16 bits per heavy atom. The van der Waals surface area contributed by atoms with E-state index in [9.17, 15) is 0 Å². The maximum atomic E-state index is 5.65. The largest absolute Gasteiger partial charge is 0.378 e. The van der Waals surface area contributed by atoms with E-state index in [1.165, 1.54) is 24.0 Å². The number of rotatable bonds is 4. The van der Waals surface area contributed by atoms with E-state index in [2.05, 4.69) is 43.4 Å². The highest BCUT2D eigenvalue weighted by molar-refractivity contribution is 5.25. The minimum absolute atomic E-state index is 0.407. The quantitative estimate of drug-likeness (QED) is 0.892. The van der Waals surface area contributed by atoms with E-state index < -0.39 is 0 Å². The predicted octanol–water partition coefficient (Wildman–Crippen LogP) is 3.60. The Labute approximate surface area is 116 Å². The number of benzene rings is 1. The summed E-state index contributed by atoms with van der Waals surface area (Å²) in [4.78, 5) is 0. The first kappa shape index (κ1) is 13.1. The van der Waals surface area contributed by atoms with Gasteiger partial charge in [-0.3, -0.25) is 0 Å². The van der Waals surface area contributed by atoms with Crippen LogP contribution in [0, 0.1) is 12.8 Å². The Morgan fingerprint density at radius 3 is 2.53 bits per heavy atom. The van der Waals surface area contributed by atoms with Crippen LogP contribution in [0.4, 0.5) is 0 Å². The number of ether oxygens (including phenoxy) is 1. The minimum atomic E-state index is 0.407. The van der Waals surface area contributed by atoms with Gasteiger partial charge in [-0.1, -0.05) is 29.8 Å². The van der Waals surface area contributed by atoms with Gasteiger partial charge in [-0.15, -0.1) is 0 Å². The van der Waals surface area contributed by atoms with Crippen LogP contribution in [0.5, 0.6) is 0 Å². The lowest BCUT2D eigenvalue weighted by Gasteiger charge is -2.32. The third-order valence-electron chi connectivity index (χ3n) is 4.43. The normalized spacial score (nSPS) is 29.2. The van der Waals surface area contributed by atoms with Crippen molar-refractivity contribution in [3.63, 3.8) is 0 Å². The molecule has 1 aliphatic heterocycles. The third kappa shape index (κ3) is 3.37. The molecule has 1 saturated carbocycles. The van der Waals surface area contributed by atoms with Crippen molar-refractivity contribution in [2.75, 3.05) is 6.61 Å². The van der Waals surface area contributed by atoms with Crippen LogP contribution in [0.1, 0.15) is 49.8 Å². The molecule has 1 aromatic rings. The zero-order chi connectivity index (χ0) is 13.2. The van der Waals surface area contributed by atoms with Crippen molar-refractivity contribution in [3.8, 4) is 0 Å². The van der Waals surface area contributed by atoms with Crippen LogP contribution in [0.25, 0.3) is 0 Å². The number of aryl methyl sites for hydroxylation is 1. The van der Waals surface area contributed by atoms with Crippen LogP contribution in [-0.4, -0.2) is 18.8 Å². The van der Waals surface area contributed by atoms with Crippen molar-refractivity contribution >= 4 is 0 Å². The maximum absolute atomic E-state index is 5.65. The molecule has 3 atom stereocenters. The van der Waals surface area contributed by atoms with Crippen molar-refractivity contribution in [1.82, 2.24) is 5.32 Å². The average molecular weight is 259 g/mol. The summed E-state index contributed by atoms with van der Waals surface area (Å²) < 4.78 is 5.65. The molecule has 0 amide bonds. The zero-order valence-corrected chi connectivity index (χ0v) is 12.1. The summed E-state index contributed by atoms with van der Waals surface area (Å²) >= 11 is 0. The summed E-state index contributed by atoms with van der Waals surface area (Å²) in [6, 6.07) is 10.2.